The van der Waals surface area contributed by atoms with Crippen LogP contribution in [0.1, 0.15) is 6.42 Å². The van der Waals surface area contributed by atoms with E-state index in [9.17, 15) is 9.59 Å². The number of pyridine rings is 1. The van der Waals surface area contributed by atoms with Gasteiger partial charge in [-0.25, -0.2) is 9.78 Å². The maximum Gasteiger partial charge on any atom is 0.330 e. The molecule has 3 heterocycles. The number of amides is 3. The third-order valence-corrected chi connectivity index (χ3v) is 2.71. The second-order valence-corrected chi connectivity index (χ2v) is 3.81. The highest BCUT2D eigenvalue weighted by Crippen LogP contribution is 2.17. The Morgan fingerprint density at radius 2 is 2.18 bits per heavy atom. The Bertz CT molecular complexity index is 604. The van der Waals surface area contributed by atoms with E-state index >= 15 is 0 Å². The van der Waals surface area contributed by atoms with Crippen LogP contribution in [0.25, 0.3) is 5.52 Å². The van der Waals surface area contributed by atoms with Crippen LogP contribution in [0.15, 0.2) is 30.6 Å². The molecule has 0 unspecified atom stereocenters. The normalized spacial score (nSPS) is 16.4. The quantitative estimate of drug-likeness (QED) is 0.787. The molecule has 1 N–H and O–H groups in total. The van der Waals surface area contributed by atoms with E-state index in [1.807, 2.05) is 28.8 Å². The van der Waals surface area contributed by atoms with Crippen molar-refractivity contribution < 1.29 is 9.59 Å². The van der Waals surface area contributed by atoms with E-state index in [2.05, 4.69) is 10.3 Å². The number of imide groups is 1. The highest BCUT2D eigenvalue weighted by Gasteiger charge is 2.26. The Morgan fingerprint density at radius 3 is 3.00 bits per heavy atom. The Morgan fingerprint density at radius 1 is 1.29 bits per heavy atom. The van der Waals surface area contributed by atoms with Gasteiger partial charge in [-0.15, -0.1) is 0 Å². The van der Waals surface area contributed by atoms with Gasteiger partial charge in [0.05, 0.1) is 11.7 Å². The number of imidazole rings is 1. The standard InChI is InChI=1S/C11H10N4O2/c16-9-4-6-15(11(17)13-9)10-12-7-8-3-1-2-5-14(8)10/h1-3,5,7H,4,6H2,(H,13,16,17). The third kappa shape index (κ3) is 1.54. The summed E-state index contributed by atoms with van der Waals surface area (Å²) in [5, 5.41) is 2.28. The zero-order chi connectivity index (χ0) is 11.8. The minimum absolute atomic E-state index is 0.243. The fourth-order valence-corrected chi connectivity index (χ4v) is 1.88. The van der Waals surface area contributed by atoms with Crippen molar-refractivity contribution in [2.45, 2.75) is 6.42 Å². The van der Waals surface area contributed by atoms with Crippen molar-refractivity contribution in [3.8, 4) is 0 Å². The zero-order valence-corrected chi connectivity index (χ0v) is 8.96. The van der Waals surface area contributed by atoms with Gasteiger partial charge in [0.2, 0.25) is 11.9 Å². The molecule has 0 spiro atoms. The molecule has 1 aliphatic rings. The lowest BCUT2D eigenvalue weighted by molar-refractivity contribution is -0.120. The van der Waals surface area contributed by atoms with Crippen LogP contribution in [0.4, 0.5) is 10.7 Å². The van der Waals surface area contributed by atoms with Crippen molar-refractivity contribution in [2.24, 2.45) is 0 Å². The molecular formula is C11H10N4O2. The number of nitrogens with zero attached hydrogens (tertiary/aromatic N) is 3. The van der Waals surface area contributed by atoms with Crippen LogP contribution in [0.3, 0.4) is 0 Å². The maximum atomic E-state index is 11.7. The molecule has 3 amide bonds. The van der Waals surface area contributed by atoms with E-state index in [1.54, 1.807) is 6.20 Å². The number of hydrogen-bond acceptors (Lipinski definition) is 3. The molecule has 6 heteroatoms. The van der Waals surface area contributed by atoms with Crippen molar-refractivity contribution in [3.63, 3.8) is 0 Å². The van der Waals surface area contributed by atoms with Gasteiger partial charge in [-0.2, -0.15) is 0 Å². The summed E-state index contributed by atoms with van der Waals surface area (Å²) in [6, 6.07) is 5.26. The number of aromatic nitrogens is 2. The number of hydrogen-bond donors (Lipinski definition) is 1. The van der Waals surface area contributed by atoms with Gasteiger partial charge in [0, 0.05) is 19.2 Å². The van der Waals surface area contributed by atoms with Crippen LogP contribution in [0, 0.1) is 0 Å². The first-order valence-electron chi connectivity index (χ1n) is 5.29. The largest absolute Gasteiger partial charge is 0.330 e. The van der Waals surface area contributed by atoms with Gasteiger partial charge in [-0.3, -0.25) is 19.4 Å². The molecule has 6 nitrogen and oxygen atoms in total. The molecule has 1 aliphatic heterocycles. The van der Waals surface area contributed by atoms with Gasteiger partial charge in [-0.05, 0) is 12.1 Å². The van der Waals surface area contributed by atoms with Crippen LogP contribution in [-0.2, 0) is 4.79 Å². The lowest BCUT2D eigenvalue weighted by atomic mass is 10.3. The van der Waals surface area contributed by atoms with Crippen LogP contribution >= 0.6 is 0 Å². The first kappa shape index (κ1) is 9.83. The highest BCUT2D eigenvalue weighted by atomic mass is 16.2. The topological polar surface area (TPSA) is 66.7 Å². The molecule has 17 heavy (non-hydrogen) atoms. The van der Waals surface area contributed by atoms with Crippen molar-refractivity contribution in [1.29, 1.82) is 0 Å². The summed E-state index contributed by atoms with van der Waals surface area (Å²) in [5.41, 5.74) is 0.909. The average molecular weight is 230 g/mol. The van der Waals surface area contributed by atoms with Gasteiger partial charge in [-0.1, -0.05) is 6.07 Å². The average Bonchev–Trinajstić information content (AvgIpc) is 2.73. The van der Waals surface area contributed by atoms with Crippen molar-refractivity contribution >= 4 is 23.4 Å². The maximum absolute atomic E-state index is 11.7. The molecule has 0 saturated carbocycles. The fraction of sp³-hybridized carbons (Fsp3) is 0.182. The summed E-state index contributed by atoms with van der Waals surface area (Å²) in [7, 11) is 0. The number of carbonyl (C=O) groups excluding carboxylic acids is 2. The van der Waals surface area contributed by atoms with Crippen molar-refractivity contribution in [1.82, 2.24) is 14.7 Å². The summed E-state index contributed by atoms with van der Waals surface area (Å²) in [6.07, 6.45) is 3.83. The summed E-state index contributed by atoms with van der Waals surface area (Å²) in [5.74, 6) is 0.290. The predicted molar refractivity (Wildman–Crippen MR) is 60.7 cm³/mol. The molecule has 2 aromatic heterocycles. The lowest BCUT2D eigenvalue weighted by Gasteiger charge is -2.24. The zero-order valence-electron chi connectivity index (χ0n) is 8.96. The number of urea groups is 1. The summed E-state index contributed by atoms with van der Waals surface area (Å²) in [6.45, 7) is 0.360. The molecule has 86 valence electrons. The first-order valence-corrected chi connectivity index (χ1v) is 5.29. The second-order valence-electron chi connectivity index (χ2n) is 3.81. The van der Waals surface area contributed by atoms with Crippen LogP contribution in [-0.4, -0.2) is 27.9 Å². The van der Waals surface area contributed by atoms with E-state index in [0.29, 0.717) is 18.9 Å². The Hall–Kier alpha value is -2.37. The van der Waals surface area contributed by atoms with E-state index in [-0.39, 0.29) is 5.91 Å². The molecule has 3 rings (SSSR count). The summed E-state index contributed by atoms with van der Waals surface area (Å²) < 4.78 is 1.81. The minimum atomic E-state index is -0.419. The Balaban J connectivity index is 2.04. The molecule has 0 radical (unpaired) electrons. The second kappa shape index (κ2) is 3.58. The van der Waals surface area contributed by atoms with Crippen molar-refractivity contribution in [2.75, 3.05) is 11.4 Å². The molecule has 1 fully saturated rings. The van der Waals surface area contributed by atoms with Gasteiger partial charge in [0.1, 0.15) is 0 Å². The Kier molecular flexibility index (Phi) is 2.07. The number of carbonyl (C=O) groups is 2. The van der Waals surface area contributed by atoms with Gasteiger partial charge in [0.15, 0.2) is 0 Å². The lowest BCUT2D eigenvalue weighted by Crippen LogP contribution is -2.50. The smallest absolute Gasteiger partial charge is 0.286 e. The third-order valence-electron chi connectivity index (χ3n) is 2.71. The van der Waals surface area contributed by atoms with Gasteiger partial charge >= 0.3 is 6.03 Å². The molecule has 0 bridgehead atoms. The summed E-state index contributed by atoms with van der Waals surface area (Å²) in [4.78, 5) is 28.4. The molecular weight excluding hydrogens is 220 g/mol. The SMILES string of the molecule is O=C1CCN(c2ncc3ccccn23)C(=O)N1. The highest BCUT2D eigenvalue weighted by molar-refractivity contribution is 6.04. The number of rotatable bonds is 1. The first-order chi connectivity index (χ1) is 8.25. The number of fused-ring (bicyclic) bond motifs is 1. The van der Waals surface area contributed by atoms with E-state index in [1.165, 1.54) is 4.90 Å². The van der Waals surface area contributed by atoms with E-state index < -0.39 is 6.03 Å². The van der Waals surface area contributed by atoms with Gasteiger partial charge < -0.3 is 0 Å². The van der Waals surface area contributed by atoms with E-state index in [4.69, 9.17) is 0 Å². The van der Waals surface area contributed by atoms with Crippen molar-refractivity contribution in [3.05, 3.63) is 30.6 Å². The van der Waals surface area contributed by atoms with Crippen LogP contribution in [0.2, 0.25) is 0 Å². The molecule has 2 aromatic rings. The van der Waals surface area contributed by atoms with Crippen LogP contribution in [0.5, 0.6) is 0 Å². The molecule has 0 aromatic carbocycles. The molecule has 0 atom stereocenters. The number of anilines is 1. The van der Waals surface area contributed by atoms with E-state index in [0.717, 1.165) is 5.52 Å². The minimum Gasteiger partial charge on any atom is -0.286 e. The predicted octanol–water partition coefficient (Wildman–Crippen LogP) is 0.781. The van der Waals surface area contributed by atoms with Crippen LogP contribution < -0.4 is 10.2 Å². The van der Waals surface area contributed by atoms with Gasteiger partial charge in [0.25, 0.3) is 0 Å². The number of nitrogens with one attached hydrogen (secondary N) is 1. The Labute approximate surface area is 96.9 Å². The summed E-state index contributed by atoms with van der Waals surface area (Å²) >= 11 is 0. The molecule has 1 saturated heterocycles. The molecule has 0 aliphatic carbocycles. The fourth-order valence-electron chi connectivity index (χ4n) is 1.88. The monoisotopic (exact) mass is 230 g/mol.